The summed E-state index contributed by atoms with van der Waals surface area (Å²) < 4.78 is 5.25. The second-order valence-corrected chi connectivity index (χ2v) is 5.01. The largest absolute Gasteiger partial charge is 0.495 e. The molecular weight excluding hydrogens is 294 g/mol. The summed E-state index contributed by atoms with van der Waals surface area (Å²) in [5.41, 5.74) is 4.91. The Bertz CT molecular complexity index is 629. The molecule has 2 N–H and O–H groups in total. The number of hydrogen-bond donors (Lipinski definition) is 2. The molecule has 0 spiro atoms. The molecule has 0 heterocycles. The molecule has 2 rings (SSSR count). The Hall–Kier alpha value is -2.40. The van der Waals surface area contributed by atoms with Crippen molar-refractivity contribution in [3.8, 4) is 5.75 Å². The summed E-state index contributed by atoms with van der Waals surface area (Å²) in [7, 11) is 1.62. The minimum atomic E-state index is 0.431. The highest BCUT2D eigenvalue weighted by molar-refractivity contribution is 7.80. The topological polar surface area (TPSA) is 45.6 Å². The average Bonchev–Trinajstić information content (AvgIpc) is 2.56. The molecular formula is C17H19N3OS. The third-order valence-corrected chi connectivity index (χ3v) is 3.21. The fraction of sp³-hybridized carbons (Fsp3) is 0.176. The Morgan fingerprint density at radius 2 is 1.86 bits per heavy atom. The third-order valence-electron chi connectivity index (χ3n) is 3.02. The SMILES string of the molecule is COc1ccccc1NC(=S)N/N=C\CCc1ccccc1. The van der Waals surface area contributed by atoms with Crippen LogP contribution in [0, 0.1) is 0 Å². The summed E-state index contributed by atoms with van der Waals surface area (Å²) in [6.07, 6.45) is 3.64. The Morgan fingerprint density at radius 3 is 2.64 bits per heavy atom. The van der Waals surface area contributed by atoms with Crippen LogP contribution in [0.2, 0.25) is 0 Å². The highest BCUT2D eigenvalue weighted by Gasteiger charge is 2.02. The molecule has 0 saturated heterocycles. The Labute approximate surface area is 136 Å². The minimum Gasteiger partial charge on any atom is -0.495 e. The van der Waals surface area contributed by atoms with E-state index in [2.05, 4.69) is 28.0 Å². The predicted octanol–water partition coefficient (Wildman–Crippen LogP) is 3.60. The van der Waals surface area contributed by atoms with Gasteiger partial charge in [0, 0.05) is 6.21 Å². The smallest absolute Gasteiger partial charge is 0.191 e. The standard InChI is InChI=1S/C17H19N3OS/c1-21-16-12-6-5-11-15(16)19-17(22)20-18-13-7-10-14-8-3-2-4-9-14/h2-6,8-9,11-13H,7,10H2,1H3,(H2,19,20,22)/b18-13-. The second kappa shape index (κ2) is 8.79. The molecule has 0 aromatic heterocycles. The first kappa shape index (κ1) is 16.0. The molecule has 0 bridgehead atoms. The minimum absolute atomic E-state index is 0.431. The van der Waals surface area contributed by atoms with E-state index in [1.54, 1.807) is 7.11 Å². The number of benzene rings is 2. The van der Waals surface area contributed by atoms with Gasteiger partial charge in [0.25, 0.3) is 0 Å². The number of ether oxygens (including phenoxy) is 1. The molecule has 114 valence electrons. The van der Waals surface area contributed by atoms with E-state index in [9.17, 15) is 0 Å². The van der Waals surface area contributed by atoms with Crippen LogP contribution in [0.5, 0.6) is 5.75 Å². The summed E-state index contributed by atoms with van der Waals surface area (Å²) >= 11 is 5.20. The molecule has 0 amide bonds. The maximum absolute atomic E-state index is 5.25. The summed E-state index contributed by atoms with van der Waals surface area (Å²) in [6, 6.07) is 17.9. The molecule has 0 atom stereocenters. The maximum atomic E-state index is 5.25. The highest BCUT2D eigenvalue weighted by Crippen LogP contribution is 2.22. The summed E-state index contributed by atoms with van der Waals surface area (Å²) in [4.78, 5) is 0. The zero-order valence-corrected chi connectivity index (χ0v) is 13.3. The van der Waals surface area contributed by atoms with E-state index in [0.717, 1.165) is 24.3 Å². The van der Waals surface area contributed by atoms with Gasteiger partial charge in [0.1, 0.15) is 5.75 Å². The number of nitrogens with one attached hydrogen (secondary N) is 2. The van der Waals surface area contributed by atoms with Gasteiger partial charge in [-0.15, -0.1) is 0 Å². The van der Waals surface area contributed by atoms with Crippen LogP contribution in [0.3, 0.4) is 0 Å². The second-order valence-electron chi connectivity index (χ2n) is 4.60. The normalized spacial score (nSPS) is 10.4. The van der Waals surface area contributed by atoms with E-state index in [1.165, 1.54) is 5.56 Å². The third kappa shape index (κ3) is 5.18. The number of para-hydroxylation sites is 2. The molecule has 0 aliphatic carbocycles. The maximum Gasteiger partial charge on any atom is 0.191 e. The van der Waals surface area contributed by atoms with E-state index in [-0.39, 0.29) is 0 Å². The van der Waals surface area contributed by atoms with E-state index in [0.29, 0.717) is 5.11 Å². The molecule has 4 nitrogen and oxygen atoms in total. The lowest BCUT2D eigenvalue weighted by molar-refractivity contribution is 0.417. The van der Waals surface area contributed by atoms with E-state index in [1.807, 2.05) is 48.7 Å². The van der Waals surface area contributed by atoms with Gasteiger partial charge in [0.2, 0.25) is 0 Å². The van der Waals surface area contributed by atoms with Crippen molar-refractivity contribution in [2.24, 2.45) is 5.10 Å². The van der Waals surface area contributed by atoms with Crippen molar-refractivity contribution in [3.05, 3.63) is 60.2 Å². The molecule has 0 radical (unpaired) electrons. The van der Waals surface area contributed by atoms with Gasteiger partial charge in [0.15, 0.2) is 5.11 Å². The molecule has 0 fully saturated rings. The van der Waals surface area contributed by atoms with Gasteiger partial charge in [0.05, 0.1) is 12.8 Å². The Balaban J connectivity index is 1.74. The highest BCUT2D eigenvalue weighted by atomic mass is 32.1. The summed E-state index contributed by atoms with van der Waals surface area (Å²) in [6.45, 7) is 0. The lowest BCUT2D eigenvalue weighted by Crippen LogP contribution is -2.24. The number of nitrogens with zero attached hydrogens (tertiary/aromatic N) is 1. The van der Waals surface area contributed by atoms with Crippen LogP contribution in [0.25, 0.3) is 0 Å². The van der Waals surface area contributed by atoms with E-state index >= 15 is 0 Å². The van der Waals surface area contributed by atoms with Gasteiger partial charge in [-0.05, 0) is 42.8 Å². The Morgan fingerprint density at radius 1 is 1.14 bits per heavy atom. The van der Waals surface area contributed by atoms with Gasteiger partial charge >= 0.3 is 0 Å². The van der Waals surface area contributed by atoms with Crippen LogP contribution in [-0.4, -0.2) is 18.4 Å². The molecule has 0 unspecified atom stereocenters. The van der Waals surface area contributed by atoms with Crippen LogP contribution in [0.4, 0.5) is 5.69 Å². The number of rotatable bonds is 6. The molecule has 2 aromatic carbocycles. The predicted molar refractivity (Wildman–Crippen MR) is 95.6 cm³/mol. The number of hydrogen-bond acceptors (Lipinski definition) is 3. The molecule has 2 aromatic rings. The number of aryl methyl sites for hydroxylation is 1. The van der Waals surface area contributed by atoms with Crippen molar-refractivity contribution in [3.63, 3.8) is 0 Å². The number of hydrazone groups is 1. The number of anilines is 1. The first-order valence-electron chi connectivity index (χ1n) is 7.05. The van der Waals surface area contributed by atoms with Gasteiger partial charge in [-0.3, -0.25) is 5.43 Å². The van der Waals surface area contributed by atoms with Gasteiger partial charge < -0.3 is 10.1 Å². The van der Waals surface area contributed by atoms with E-state index in [4.69, 9.17) is 17.0 Å². The summed E-state index contributed by atoms with van der Waals surface area (Å²) in [5.74, 6) is 0.736. The van der Waals surface area contributed by atoms with Crippen LogP contribution in [0.1, 0.15) is 12.0 Å². The van der Waals surface area contributed by atoms with Crippen molar-refractivity contribution in [2.45, 2.75) is 12.8 Å². The van der Waals surface area contributed by atoms with Crippen LogP contribution in [-0.2, 0) is 6.42 Å². The molecule has 5 heteroatoms. The van der Waals surface area contributed by atoms with Crippen molar-refractivity contribution >= 4 is 29.2 Å². The first-order valence-corrected chi connectivity index (χ1v) is 7.46. The van der Waals surface area contributed by atoms with Crippen molar-refractivity contribution < 1.29 is 4.74 Å². The lowest BCUT2D eigenvalue weighted by atomic mass is 10.1. The molecule has 0 saturated carbocycles. The molecule has 22 heavy (non-hydrogen) atoms. The van der Waals surface area contributed by atoms with Crippen molar-refractivity contribution in [1.29, 1.82) is 0 Å². The number of methoxy groups -OCH3 is 1. The van der Waals surface area contributed by atoms with Crippen LogP contribution < -0.4 is 15.5 Å². The van der Waals surface area contributed by atoms with Gasteiger partial charge in [-0.25, -0.2) is 0 Å². The van der Waals surface area contributed by atoms with Crippen molar-refractivity contribution in [2.75, 3.05) is 12.4 Å². The zero-order chi connectivity index (χ0) is 15.6. The quantitative estimate of drug-likeness (QED) is 0.486. The van der Waals surface area contributed by atoms with Crippen LogP contribution >= 0.6 is 12.2 Å². The fourth-order valence-corrected chi connectivity index (χ4v) is 2.11. The lowest BCUT2D eigenvalue weighted by Gasteiger charge is -2.10. The monoisotopic (exact) mass is 313 g/mol. The Kier molecular flexibility index (Phi) is 6.39. The first-order chi connectivity index (χ1) is 10.8. The number of thiocarbonyl (C=S) groups is 1. The van der Waals surface area contributed by atoms with Crippen LogP contribution in [0.15, 0.2) is 59.7 Å². The average molecular weight is 313 g/mol. The van der Waals surface area contributed by atoms with Crippen molar-refractivity contribution in [1.82, 2.24) is 5.43 Å². The molecule has 0 aliphatic rings. The zero-order valence-electron chi connectivity index (χ0n) is 12.5. The molecule has 0 aliphatic heterocycles. The summed E-state index contributed by atoms with van der Waals surface area (Å²) in [5, 5.41) is 7.60. The van der Waals surface area contributed by atoms with Gasteiger partial charge in [-0.2, -0.15) is 5.10 Å². The fourth-order valence-electron chi connectivity index (χ4n) is 1.94. The van der Waals surface area contributed by atoms with E-state index < -0.39 is 0 Å². The van der Waals surface area contributed by atoms with Gasteiger partial charge in [-0.1, -0.05) is 42.5 Å².